The highest BCUT2D eigenvalue weighted by Gasteiger charge is 2.22. The number of phenols is 1. The van der Waals surface area contributed by atoms with Gasteiger partial charge in [-0.1, -0.05) is 12.7 Å². The molecule has 1 aromatic carbocycles. The van der Waals surface area contributed by atoms with Gasteiger partial charge >= 0.3 is 0 Å². The summed E-state index contributed by atoms with van der Waals surface area (Å²) in [7, 11) is 0. The number of nitrogens with zero attached hydrogens (tertiary/aromatic N) is 1. The van der Waals surface area contributed by atoms with Gasteiger partial charge in [-0.15, -0.1) is 0 Å². The predicted octanol–water partition coefficient (Wildman–Crippen LogP) is 1.78. The van der Waals surface area contributed by atoms with Gasteiger partial charge in [-0.2, -0.15) is 0 Å². The van der Waals surface area contributed by atoms with Crippen LogP contribution in [0.3, 0.4) is 0 Å². The Morgan fingerprint density at radius 2 is 2.38 bits per heavy atom. The van der Waals surface area contributed by atoms with Crippen LogP contribution < -0.4 is 9.64 Å². The molecule has 0 radical (unpaired) electrons. The number of phenolic OH excluding ortho intramolecular Hbond substituents is 1. The first kappa shape index (κ1) is 10.5. The Hall–Kier alpha value is -1.97. The SMILES string of the molecule is C=Cc1cc2c(cc1O)N(C(C)=O)CCO2. The summed E-state index contributed by atoms with van der Waals surface area (Å²) in [6.07, 6.45) is 1.55. The van der Waals surface area contributed by atoms with Gasteiger partial charge in [-0.3, -0.25) is 4.79 Å². The van der Waals surface area contributed by atoms with E-state index in [1.165, 1.54) is 13.0 Å². The lowest BCUT2D eigenvalue weighted by Gasteiger charge is -2.29. The van der Waals surface area contributed by atoms with Crippen molar-refractivity contribution in [1.29, 1.82) is 0 Å². The molecular formula is C12H13NO3. The minimum absolute atomic E-state index is 0.0599. The third-order valence-corrected chi connectivity index (χ3v) is 2.57. The Kier molecular flexibility index (Phi) is 2.56. The number of carbonyl (C=O) groups is 1. The van der Waals surface area contributed by atoms with E-state index in [4.69, 9.17) is 4.74 Å². The molecule has 4 heteroatoms. The predicted molar refractivity (Wildman–Crippen MR) is 61.7 cm³/mol. The van der Waals surface area contributed by atoms with Gasteiger partial charge < -0.3 is 14.7 Å². The Labute approximate surface area is 93.8 Å². The van der Waals surface area contributed by atoms with E-state index in [0.29, 0.717) is 30.2 Å². The van der Waals surface area contributed by atoms with Gasteiger partial charge in [0.15, 0.2) is 0 Å². The van der Waals surface area contributed by atoms with Gasteiger partial charge in [0.2, 0.25) is 5.91 Å². The molecule has 0 fully saturated rings. The molecule has 0 aliphatic carbocycles. The first-order chi connectivity index (χ1) is 7.63. The van der Waals surface area contributed by atoms with E-state index in [2.05, 4.69) is 6.58 Å². The van der Waals surface area contributed by atoms with Crippen LogP contribution in [0, 0.1) is 0 Å². The summed E-state index contributed by atoms with van der Waals surface area (Å²) in [6, 6.07) is 3.22. The van der Waals surface area contributed by atoms with Crippen LogP contribution in [0.25, 0.3) is 6.08 Å². The molecule has 0 saturated heterocycles. The summed E-state index contributed by atoms with van der Waals surface area (Å²) in [6.45, 7) is 6.07. The molecule has 1 N–H and O–H groups in total. The van der Waals surface area contributed by atoms with Crippen LogP contribution in [0.4, 0.5) is 5.69 Å². The summed E-state index contributed by atoms with van der Waals surface area (Å²) in [5.74, 6) is 0.648. The van der Waals surface area contributed by atoms with Crippen LogP contribution in [-0.2, 0) is 4.79 Å². The topological polar surface area (TPSA) is 49.8 Å². The molecule has 1 heterocycles. The molecule has 84 valence electrons. The minimum Gasteiger partial charge on any atom is -0.507 e. The van der Waals surface area contributed by atoms with Crippen molar-refractivity contribution in [3.05, 3.63) is 24.3 Å². The van der Waals surface area contributed by atoms with Crippen LogP contribution in [0.15, 0.2) is 18.7 Å². The molecule has 4 nitrogen and oxygen atoms in total. The molecule has 1 aliphatic rings. The zero-order valence-electron chi connectivity index (χ0n) is 9.06. The standard InChI is InChI=1S/C12H13NO3/c1-3-9-6-12-10(7-11(9)15)13(8(2)14)4-5-16-12/h3,6-7,15H,1,4-5H2,2H3. The van der Waals surface area contributed by atoms with Crippen LogP contribution in [0.5, 0.6) is 11.5 Å². The number of hydrogen-bond donors (Lipinski definition) is 1. The molecule has 16 heavy (non-hydrogen) atoms. The fourth-order valence-corrected chi connectivity index (χ4v) is 1.76. The summed E-state index contributed by atoms with van der Waals surface area (Å²) in [5.41, 5.74) is 1.21. The van der Waals surface area contributed by atoms with Crippen molar-refractivity contribution in [3.63, 3.8) is 0 Å². The lowest BCUT2D eigenvalue weighted by Crippen LogP contribution is -2.36. The minimum atomic E-state index is -0.0599. The summed E-state index contributed by atoms with van der Waals surface area (Å²) >= 11 is 0. The van der Waals surface area contributed by atoms with Crippen molar-refractivity contribution in [2.75, 3.05) is 18.1 Å². The highest BCUT2D eigenvalue weighted by atomic mass is 16.5. The monoisotopic (exact) mass is 219 g/mol. The van der Waals surface area contributed by atoms with Crippen molar-refractivity contribution in [3.8, 4) is 11.5 Å². The van der Waals surface area contributed by atoms with E-state index in [9.17, 15) is 9.90 Å². The maximum absolute atomic E-state index is 11.4. The fraction of sp³-hybridized carbons (Fsp3) is 0.250. The van der Waals surface area contributed by atoms with E-state index >= 15 is 0 Å². The third kappa shape index (κ3) is 1.62. The molecule has 0 spiro atoms. The molecule has 2 rings (SSSR count). The van der Waals surface area contributed by atoms with Gasteiger partial charge in [0.25, 0.3) is 0 Å². The van der Waals surface area contributed by atoms with Gasteiger partial charge in [-0.05, 0) is 6.07 Å². The highest BCUT2D eigenvalue weighted by Crippen LogP contribution is 2.37. The van der Waals surface area contributed by atoms with Crippen molar-refractivity contribution in [2.45, 2.75) is 6.92 Å². The number of fused-ring (bicyclic) bond motifs is 1. The Bertz CT molecular complexity index is 454. The first-order valence-electron chi connectivity index (χ1n) is 5.04. The zero-order valence-corrected chi connectivity index (χ0v) is 9.06. The quantitative estimate of drug-likeness (QED) is 0.783. The van der Waals surface area contributed by atoms with Crippen LogP contribution in [0.2, 0.25) is 0 Å². The molecule has 0 atom stereocenters. The lowest BCUT2D eigenvalue weighted by molar-refractivity contribution is -0.116. The van der Waals surface area contributed by atoms with Gasteiger partial charge in [0.05, 0.1) is 12.2 Å². The van der Waals surface area contributed by atoms with Crippen molar-refractivity contribution < 1.29 is 14.6 Å². The molecule has 1 aliphatic heterocycles. The van der Waals surface area contributed by atoms with Gasteiger partial charge in [0, 0.05) is 18.6 Å². The maximum Gasteiger partial charge on any atom is 0.224 e. The summed E-state index contributed by atoms with van der Waals surface area (Å²) in [5, 5.41) is 9.70. The van der Waals surface area contributed by atoms with Crippen LogP contribution in [-0.4, -0.2) is 24.2 Å². The Morgan fingerprint density at radius 1 is 1.62 bits per heavy atom. The maximum atomic E-state index is 11.4. The molecule has 1 amide bonds. The first-order valence-corrected chi connectivity index (χ1v) is 5.04. The Morgan fingerprint density at radius 3 is 3.00 bits per heavy atom. The van der Waals surface area contributed by atoms with E-state index in [0.717, 1.165) is 0 Å². The van der Waals surface area contributed by atoms with E-state index in [1.807, 2.05) is 0 Å². The van der Waals surface area contributed by atoms with Gasteiger partial charge in [-0.25, -0.2) is 0 Å². The largest absolute Gasteiger partial charge is 0.507 e. The van der Waals surface area contributed by atoms with E-state index in [-0.39, 0.29) is 11.7 Å². The number of hydrogen-bond acceptors (Lipinski definition) is 3. The normalized spacial score (nSPS) is 13.9. The van der Waals surface area contributed by atoms with Crippen molar-refractivity contribution in [1.82, 2.24) is 0 Å². The Balaban J connectivity index is 2.53. The smallest absolute Gasteiger partial charge is 0.224 e. The number of ether oxygens (including phenoxy) is 1. The summed E-state index contributed by atoms with van der Waals surface area (Å²) < 4.78 is 5.45. The second-order valence-corrected chi connectivity index (χ2v) is 3.60. The number of carbonyl (C=O) groups excluding carboxylic acids is 1. The van der Waals surface area contributed by atoms with Crippen molar-refractivity contribution >= 4 is 17.7 Å². The van der Waals surface area contributed by atoms with Crippen LogP contribution >= 0.6 is 0 Å². The lowest BCUT2D eigenvalue weighted by atomic mass is 10.1. The molecule has 0 saturated carbocycles. The summed E-state index contributed by atoms with van der Waals surface area (Å²) in [4.78, 5) is 13.0. The fourth-order valence-electron chi connectivity index (χ4n) is 1.76. The molecule has 0 unspecified atom stereocenters. The number of aromatic hydroxyl groups is 1. The van der Waals surface area contributed by atoms with Gasteiger partial charge in [0.1, 0.15) is 18.1 Å². The second-order valence-electron chi connectivity index (χ2n) is 3.60. The number of amides is 1. The number of benzene rings is 1. The molecule has 0 aromatic heterocycles. The van der Waals surface area contributed by atoms with Crippen molar-refractivity contribution in [2.24, 2.45) is 0 Å². The third-order valence-electron chi connectivity index (χ3n) is 2.57. The molecule has 1 aromatic rings. The molecule has 0 bridgehead atoms. The average molecular weight is 219 g/mol. The average Bonchev–Trinajstić information content (AvgIpc) is 2.27. The number of anilines is 1. The van der Waals surface area contributed by atoms with E-state index < -0.39 is 0 Å². The molecular weight excluding hydrogens is 206 g/mol. The van der Waals surface area contributed by atoms with Crippen LogP contribution in [0.1, 0.15) is 12.5 Å². The zero-order chi connectivity index (χ0) is 11.7. The number of rotatable bonds is 1. The second kappa shape index (κ2) is 3.89. The van der Waals surface area contributed by atoms with E-state index in [1.54, 1.807) is 17.0 Å². The highest BCUT2D eigenvalue weighted by molar-refractivity contribution is 5.94.